The van der Waals surface area contributed by atoms with E-state index in [1.807, 2.05) is 24.3 Å². The number of quaternary nitrogens is 1. The Morgan fingerprint density at radius 1 is 1.07 bits per heavy atom. The molecule has 0 spiro atoms. The van der Waals surface area contributed by atoms with Crippen LogP contribution in [0.4, 0.5) is 0 Å². The number of benzene rings is 2. The Kier molecular flexibility index (Phi) is 5.13. The molecular formula is C24H22BrNO4. The number of fused-ring (bicyclic) bond motifs is 2. The minimum atomic E-state index is -0.209. The maximum atomic E-state index is 12.9. The highest BCUT2D eigenvalue weighted by molar-refractivity contribution is 9.10. The second-order valence-electron chi connectivity index (χ2n) is 8.03. The van der Waals surface area contributed by atoms with E-state index in [2.05, 4.69) is 15.9 Å². The first kappa shape index (κ1) is 19.4. The van der Waals surface area contributed by atoms with E-state index in [9.17, 15) is 9.90 Å². The molecule has 2 aliphatic heterocycles. The lowest BCUT2D eigenvalue weighted by atomic mass is 10.0. The number of allylic oxidation sites excluding steroid dienone is 1. The lowest BCUT2D eigenvalue weighted by Crippen LogP contribution is -3.10. The summed E-state index contributed by atoms with van der Waals surface area (Å²) in [5.41, 5.74) is 1.80. The van der Waals surface area contributed by atoms with Gasteiger partial charge in [0.25, 0.3) is 0 Å². The van der Waals surface area contributed by atoms with Gasteiger partial charge in [0.15, 0.2) is 5.76 Å². The molecule has 30 heavy (non-hydrogen) atoms. The van der Waals surface area contributed by atoms with Gasteiger partial charge in [0.05, 0.1) is 18.7 Å². The van der Waals surface area contributed by atoms with E-state index < -0.39 is 0 Å². The van der Waals surface area contributed by atoms with Crippen molar-refractivity contribution in [3.63, 3.8) is 0 Å². The van der Waals surface area contributed by atoms with E-state index in [-0.39, 0.29) is 17.3 Å². The van der Waals surface area contributed by atoms with Gasteiger partial charge in [-0.1, -0.05) is 27.7 Å². The molecule has 0 aliphatic carbocycles. The number of hydrogen-bond donors (Lipinski definition) is 1. The van der Waals surface area contributed by atoms with Crippen LogP contribution in [0.25, 0.3) is 17.0 Å². The van der Waals surface area contributed by atoms with Gasteiger partial charge in [0.2, 0.25) is 5.78 Å². The molecule has 1 N–H and O–H groups in total. The predicted molar refractivity (Wildman–Crippen MR) is 116 cm³/mol. The van der Waals surface area contributed by atoms with Crippen molar-refractivity contribution in [3.8, 4) is 11.5 Å². The maximum absolute atomic E-state index is 12.9. The van der Waals surface area contributed by atoms with Gasteiger partial charge in [0, 0.05) is 21.5 Å². The Morgan fingerprint density at radius 3 is 2.67 bits per heavy atom. The summed E-state index contributed by atoms with van der Waals surface area (Å²) >= 11 is 3.45. The summed E-state index contributed by atoms with van der Waals surface area (Å²) in [6.45, 7) is 2.70. The monoisotopic (exact) mass is 467 g/mol. The zero-order valence-corrected chi connectivity index (χ0v) is 18.1. The van der Waals surface area contributed by atoms with Gasteiger partial charge in [-0.15, -0.1) is 0 Å². The molecule has 3 aromatic rings. The van der Waals surface area contributed by atoms with Crippen molar-refractivity contribution in [2.75, 3.05) is 13.1 Å². The van der Waals surface area contributed by atoms with Crippen molar-refractivity contribution < 1.29 is 24.0 Å². The van der Waals surface area contributed by atoms with Crippen LogP contribution in [0.15, 0.2) is 51.0 Å². The molecule has 154 valence electrons. The first-order valence-electron chi connectivity index (χ1n) is 10.4. The van der Waals surface area contributed by atoms with Crippen LogP contribution in [0.1, 0.15) is 47.4 Å². The Hall–Kier alpha value is -2.57. The van der Waals surface area contributed by atoms with Gasteiger partial charge >= 0.3 is 0 Å². The average Bonchev–Trinajstić information content (AvgIpc) is 3.13. The largest absolute Gasteiger partial charge is 0.872 e. The van der Waals surface area contributed by atoms with E-state index in [4.69, 9.17) is 9.15 Å². The van der Waals surface area contributed by atoms with E-state index in [0.29, 0.717) is 29.2 Å². The number of halogens is 1. The Balaban J connectivity index is 1.46. The quantitative estimate of drug-likeness (QED) is 0.594. The first-order valence-corrected chi connectivity index (χ1v) is 11.2. The van der Waals surface area contributed by atoms with Gasteiger partial charge < -0.3 is 19.2 Å². The zero-order valence-electron chi connectivity index (χ0n) is 16.5. The second kappa shape index (κ2) is 7.93. The summed E-state index contributed by atoms with van der Waals surface area (Å²) < 4.78 is 12.7. The van der Waals surface area contributed by atoms with Gasteiger partial charge in [-0.05, 0) is 56.0 Å². The van der Waals surface area contributed by atoms with Crippen LogP contribution in [-0.2, 0) is 6.54 Å². The lowest BCUT2D eigenvalue weighted by molar-refractivity contribution is -0.913. The third-order valence-electron chi connectivity index (χ3n) is 5.91. The molecule has 0 atom stereocenters. The van der Waals surface area contributed by atoms with Crippen molar-refractivity contribution >= 4 is 38.8 Å². The van der Waals surface area contributed by atoms with Crippen molar-refractivity contribution in [3.05, 3.63) is 63.5 Å². The lowest BCUT2D eigenvalue weighted by Gasteiger charge is -2.22. The first-order chi connectivity index (χ1) is 14.6. The summed E-state index contributed by atoms with van der Waals surface area (Å²) in [5.74, 6) is 0.892. The number of carbonyl (C=O) groups excluding carboxylic acids is 1. The molecule has 2 aromatic carbocycles. The molecule has 0 bridgehead atoms. The SMILES string of the molecule is O=C1C(=Cc2cc3cc(Br)ccc3o2)Oc2c1ccc([O-])c2C[NH+]1CCCCCC1. The predicted octanol–water partition coefficient (Wildman–Crippen LogP) is 3.84. The van der Waals surface area contributed by atoms with E-state index in [1.165, 1.54) is 36.6 Å². The van der Waals surface area contributed by atoms with Crippen LogP contribution in [0, 0.1) is 0 Å². The number of nitrogens with one attached hydrogen (secondary N) is 1. The van der Waals surface area contributed by atoms with Crippen LogP contribution < -0.4 is 14.7 Å². The summed E-state index contributed by atoms with van der Waals surface area (Å²) in [6.07, 6.45) is 6.45. The third kappa shape index (κ3) is 3.66. The standard InChI is InChI=1S/C24H22BrNO4/c25-16-5-8-21-15(11-16)12-17(29-21)13-22-23(28)18-6-7-20(27)19(24(18)30-22)14-26-9-3-1-2-4-10-26/h5-8,11-13,27H,1-4,9-10,14H2. The minimum absolute atomic E-state index is 0.0619. The Labute approximate surface area is 183 Å². The summed E-state index contributed by atoms with van der Waals surface area (Å²) in [6, 6.07) is 10.7. The van der Waals surface area contributed by atoms with Crippen LogP contribution in [0.5, 0.6) is 11.5 Å². The number of rotatable bonds is 3. The Morgan fingerprint density at radius 2 is 1.87 bits per heavy atom. The van der Waals surface area contributed by atoms with Crippen molar-refractivity contribution in [1.29, 1.82) is 0 Å². The van der Waals surface area contributed by atoms with Gasteiger partial charge in [0.1, 0.15) is 23.6 Å². The number of carbonyl (C=O) groups is 1. The van der Waals surface area contributed by atoms with Crippen LogP contribution in [0.2, 0.25) is 0 Å². The number of Topliss-reactive ketones (excluding diaryl/α,β-unsaturated/α-hetero) is 1. The fourth-order valence-corrected chi connectivity index (χ4v) is 4.73. The number of ether oxygens (including phenoxy) is 1. The smallest absolute Gasteiger partial charge is 0.232 e. The molecule has 2 aliphatic rings. The highest BCUT2D eigenvalue weighted by atomic mass is 79.9. The molecule has 1 fully saturated rings. The van der Waals surface area contributed by atoms with Gasteiger partial charge in [-0.2, -0.15) is 0 Å². The van der Waals surface area contributed by atoms with E-state index in [1.54, 1.807) is 12.1 Å². The topological polar surface area (TPSA) is 66.9 Å². The highest BCUT2D eigenvalue weighted by Gasteiger charge is 2.31. The maximum Gasteiger partial charge on any atom is 0.232 e. The number of likely N-dealkylation sites (tertiary alicyclic amines) is 1. The van der Waals surface area contributed by atoms with Crippen molar-refractivity contribution in [1.82, 2.24) is 0 Å². The minimum Gasteiger partial charge on any atom is -0.872 e. The summed E-state index contributed by atoms with van der Waals surface area (Å²) in [5, 5.41) is 13.5. The molecule has 5 rings (SSSR count). The second-order valence-corrected chi connectivity index (χ2v) is 8.95. The van der Waals surface area contributed by atoms with Crippen LogP contribution >= 0.6 is 15.9 Å². The zero-order chi connectivity index (χ0) is 20.7. The van der Waals surface area contributed by atoms with Crippen LogP contribution in [-0.4, -0.2) is 18.9 Å². The Bertz CT molecular complexity index is 1160. The van der Waals surface area contributed by atoms with Crippen molar-refractivity contribution in [2.24, 2.45) is 0 Å². The number of ketones is 1. The van der Waals surface area contributed by atoms with Crippen molar-refractivity contribution in [2.45, 2.75) is 32.2 Å². The van der Waals surface area contributed by atoms with E-state index in [0.717, 1.165) is 28.5 Å². The molecule has 0 radical (unpaired) electrons. The average molecular weight is 468 g/mol. The third-order valence-corrected chi connectivity index (χ3v) is 6.40. The molecular weight excluding hydrogens is 446 g/mol. The molecule has 0 amide bonds. The highest BCUT2D eigenvalue weighted by Crippen LogP contribution is 2.38. The molecule has 5 nitrogen and oxygen atoms in total. The van der Waals surface area contributed by atoms with Gasteiger partial charge in [-0.25, -0.2) is 0 Å². The number of furan rings is 1. The summed E-state index contributed by atoms with van der Waals surface area (Å²) in [4.78, 5) is 14.3. The van der Waals surface area contributed by atoms with Gasteiger partial charge in [-0.3, -0.25) is 4.79 Å². The van der Waals surface area contributed by atoms with E-state index >= 15 is 0 Å². The molecule has 0 saturated carbocycles. The fraction of sp³-hybridized carbons (Fsp3) is 0.292. The van der Waals surface area contributed by atoms with Crippen LogP contribution in [0.3, 0.4) is 0 Å². The summed E-state index contributed by atoms with van der Waals surface area (Å²) in [7, 11) is 0. The fourth-order valence-electron chi connectivity index (χ4n) is 4.35. The molecule has 0 unspecified atom stereocenters. The number of hydrogen-bond acceptors (Lipinski definition) is 4. The molecule has 6 heteroatoms. The molecule has 1 saturated heterocycles. The molecule has 3 heterocycles. The molecule has 1 aromatic heterocycles. The normalized spacial score (nSPS) is 18.6.